The number of carbonyl (C=O) groups is 2. The summed E-state index contributed by atoms with van der Waals surface area (Å²) in [5.74, 6) is -2.01. The molecule has 0 bridgehead atoms. The van der Waals surface area contributed by atoms with E-state index in [0.717, 1.165) is 14.7 Å². The Hall–Kier alpha value is -1.58. The fourth-order valence-corrected chi connectivity index (χ4v) is 7.01. The van der Waals surface area contributed by atoms with Gasteiger partial charge in [0, 0.05) is 5.92 Å². The largest absolute Gasteiger partial charge is 0.480 e. The van der Waals surface area contributed by atoms with E-state index in [1.54, 1.807) is 30.0 Å². The molecule has 4 rings (SSSR count). The number of carboxylic acid groups (broad SMARTS) is 1. The number of aliphatic hydroxyl groups excluding tert-OH is 1. The van der Waals surface area contributed by atoms with Gasteiger partial charge in [0.1, 0.15) is 12.2 Å². The summed E-state index contributed by atoms with van der Waals surface area (Å²) < 4.78 is 4.08. The van der Waals surface area contributed by atoms with Gasteiger partial charge in [-0.2, -0.15) is 4.40 Å². The van der Waals surface area contributed by atoms with E-state index in [2.05, 4.69) is 0 Å². The van der Waals surface area contributed by atoms with E-state index in [4.69, 9.17) is 0 Å². The van der Waals surface area contributed by atoms with Crippen LogP contribution in [0.3, 0.4) is 0 Å². The Morgan fingerprint density at radius 3 is 2.73 bits per heavy atom. The van der Waals surface area contributed by atoms with Crippen molar-refractivity contribution in [3.8, 4) is 0 Å². The molecule has 26 heavy (non-hydrogen) atoms. The minimum absolute atomic E-state index is 0.0248. The predicted octanol–water partition coefficient (Wildman–Crippen LogP) is 0.941. The molecular formula is C17H22N3O4S2+. The first-order chi connectivity index (χ1) is 12.3. The van der Waals surface area contributed by atoms with Crippen LogP contribution < -0.4 is 4.57 Å². The predicted molar refractivity (Wildman–Crippen MR) is 97.4 cm³/mol. The van der Waals surface area contributed by atoms with E-state index in [0.29, 0.717) is 0 Å². The number of carboxylic acids is 1. The standard InChI is InChI=1S/C17H21N3O4S2/c1-7-10(9-5-19-6-18(3)15(25-4)16(19)26-9)13(17(23)24)20-12(7)11(8(2)21)14(20)22/h5-8,10-13,21H,1-4H3/p+1/t7-,8-,10?,11+,12+,13?/m0/s1. The van der Waals surface area contributed by atoms with Crippen LogP contribution in [0.15, 0.2) is 17.6 Å². The molecule has 140 valence electrons. The maximum atomic E-state index is 12.5. The highest BCUT2D eigenvalue weighted by molar-refractivity contribution is 7.98. The Balaban J connectivity index is 1.78. The minimum atomic E-state index is -0.976. The number of thiazole rings is 1. The number of rotatable bonds is 4. The second-order valence-electron chi connectivity index (χ2n) is 7.25. The van der Waals surface area contributed by atoms with E-state index in [1.165, 1.54) is 4.90 Å². The molecule has 2 aromatic rings. The monoisotopic (exact) mass is 396 g/mol. The first-order valence-corrected chi connectivity index (χ1v) is 10.6. The van der Waals surface area contributed by atoms with Gasteiger partial charge in [0.15, 0.2) is 0 Å². The quantitative estimate of drug-likeness (QED) is 0.456. The number of amides is 1. The van der Waals surface area contributed by atoms with Crippen LogP contribution in [-0.4, -0.2) is 55.8 Å². The zero-order valence-electron chi connectivity index (χ0n) is 15.0. The van der Waals surface area contributed by atoms with Gasteiger partial charge in [-0.15, -0.1) is 0 Å². The zero-order valence-corrected chi connectivity index (χ0v) is 16.6. The molecule has 0 spiro atoms. The molecule has 0 saturated carbocycles. The van der Waals surface area contributed by atoms with E-state index in [-0.39, 0.29) is 23.8 Å². The lowest BCUT2D eigenvalue weighted by molar-refractivity contribution is -0.705. The second kappa shape index (κ2) is 5.97. The number of fused-ring (bicyclic) bond motifs is 2. The van der Waals surface area contributed by atoms with Crippen LogP contribution in [0.4, 0.5) is 0 Å². The molecule has 4 heterocycles. The lowest BCUT2D eigenvalue weighted by Crippen LogP contribution is -2.65. The van der Waals surface area contributed by atoms with Gasteiger partial charge in [-0.25, -0.2) is 9.36 Å². The summed E-state index contributed by atoms with van der Waals surface area (Å²) >= 11 is 3.24. The summed E-state index contributed by atoms with van der Waals surface area (Å²) in [7, 11) is 1.99. The molecule has 9 heteroatoms. The minimum Gasteiger partial charge on any atom is -0.480 e. The number of β-lactam (4-membered cyclic amide) rings is 1. The Labute approximate surface area is 159 Å². The first kappa shape index (κ1) is 17.8. The number of hydrogen-bond acceptors (Lipinski definition) is 5. The summed E-state index contributed by atoms with van der Waals surface area (Å²) in [5, 5.41) is 20.9. The van der Waals surface area contributed by atoms with Crippen molar-refractivity contribution in [2.24, 2.45) is 18.9 Å². The molecule has 6 atom stereocenters. The van der Waals surface area contributed by atoms with Gasteiger partial charge < -0.3 is 15.1 Å². The number of carbonyl (C=O) groups excluding carboxylic acids is 1. The van der Waals surface area contributed by atoms with Gasteiger partial charge >= 0.3 is 5.97 Å². The fraction of sp³-hybridized carbons (Fsp3) is 0.588. The SMILES string of the molecule is CSc1c2sc(C3C(C(=O)O)N4C(=O)[C@H]([C@H](C)O)[C@H]4[C@H]3C)cn2c[n+]1C. The van der Waals surface area contributed by atoms with Crippen molar-refractivity contribution in [1.82, 2.24) is 9.30 Å². The van der Waals surface area contributed by atoms with Crippen LogP contribution in [0.2, 0.25) is 0 Å². The molecule has 2 saturated heterocycles. The molecule has 0 radical (unpaired) electrons. The van der Waals surface area contributed by atoms with Gasteiger partial charge in [-0.3, -0.25) is 4.79 Å². The summed E-state index contributed by atoms with van der Waals surface area (Å²) in [4.78, 5) is 28.0. The maximum Gasteiger partial charge on any atom is 0.327 e. The average Bonchev–Trinajstić information content (AvgIpc) is 3.14. The summed E-state index contributed by atoms with van der Waals surface area (Å²) in [6, 6.07) is -1.08. The highest BCUT2D eigenvalue weighted by Gasteiger charge is 2.65. The van der Waals surface area contributed by atoms with E-state index >= 15 is 0 Å². The zero-order chi connectivity index (χ0) is 18.9. The number of thioether (sulfide) groups is 1. The summed E-state index contributed by atoms with van der Waals surface area (Å²) in [5.41, 5.74) is 0. The molecule has 2 aliphatic rings. The van der Waals surface area contributed by atoms with Crippen molar-refractivity contribution in [3.63, 3.8) is 0 Å². The number of nitrogens with zero attached hydrogens (tertiary/aromatic N) is 3. The number of imidazole rings is 1. The molecule has 7 nitrogen and oxygen atoms in total. The third-order valence-corrected chi connectivity index (χ3v) is 7.99. The van der Waals surface area contributed by atoms with Gasteiger partial charge in [-0.1, -0.05) is 30.0 Å². The van der Waals surface area contributed by atoms with E-state index < -0.39 is 24.0 Å². The number of aryl methyl sites for hydroxylation is 1. The van der Waals surface area contributed by atoms with E-state index in [1.807, 2.05) is 41.7 Å². The second-order valence-corrected chi connectivity index (χ2v) is 9.11. The van der Waals surface area contributed by atoms with Crippen molar-refractivity contribution in [2.75, 3.05) is 6.26 Å². The normalized spacial score (nSPS) is 32.0. The molecule has 2 aliphatic heterocycles. The van der Waals surface area contributed by atoms with Crippen LogP contribution in [0.25, 0.3) is 4.83 Å². The molecule has 0 aromatic carbocycles. The molecule has 2 unspecified atom stereocenters. The Morgan fingerprint density at radius 2 is 2.15 bits per heavy atom. The summed E-state index contributed by atoms with van der Waals surface area (Å²) in [6.45, 7) is 3.60. The fourth-order valence-electron chi connectivity index (χ4n) is 4.71. The summed E-state index contributed by atoms with van der Waals surface area (Å²) in [6.07, 6.45) is 5.23. The Kier molecular flexibility index (Phi) is 4.09. The van der Waals surface area contributed by atoms with Crippen LogP contribution in [0.5, 0.6) is 0 Å². The third-order valence-electron chi connectivity index (χ3n) is 5.78. The Bertz CT molecular complexity index is 905. The highest BCUT2D eigenvalue weighted by atomic mass is 32.2. The van der Waals surface area contributed by atoms with Crippen molar-refractivity contribution in [1.29, 1.82) is 0 Å². The van der Waals surface area contributed by atoms with Crippen LogP contribution >= 0.6 is 23.1 Å². The molecule has 2 fully saturated rings. The van der Waals surface area contributed by atoms with Crippen LogP contribution in [0, 0.1) is 11.8 Å². The van der Waals surface area contributed by atoms with Gasteiger partial charge in [0.25, 0.3) is 0 Å². The number of aliphatic carboxylic acids is 1. The molecule has 2 N–H and O–H groups in total. The maximum absolute atomic E-state index is 12.5. The Morgan fingerprint density at radius 1 is 1.46 bits per heavy atom. The molecule has 0 aliphatic carbocycles. The van der Waals surface area contributed by atoms with Crippen LogP contribution in [0.1, 0.15) is 24.6 Å². The number of hydrogen-bond donors (Lipinski definition) is 2. The van der Waals surface area contributed by atoms with Gasteiger partial charge in [0.2, 0.25) is 22.1 Å². The van der Waals surface area contributed by atoms with Gasteiger partial charge in [-0.05, 0) is 19.1 Å². The van der Waals surface area contributed by atoms with Crippen molar-refractivity contribution in [2.45, 2.75) is 43.0 Å². The average molecular weight is 397 g/mol. The number of aliphatic hydroxyl groups is 1. The van der Waals surface area contributed by atoms with Crippen molar-refractivity contribution in [3.05, 3.63) is 17.4 Å². The van der Waals surface area contributed by atoms with E-state index in [9.17, 15) is 19.8 Å². The van der Waals surface area contributed by atoms with Crippen molar-refractivity contribution >= 4 is 39.8 Å². The third kappa shape index (κ3) is 2.20. The lowest BCUT2D eigenvalue weighted by Gasteiger charge is -2.47. The number of aromatic nitrogens is 2. The highest BCUT2D eigenvalue weighted by Crippen LogP contribution is 2.53. The topological polar surface area (TPSA) is 86.1 Å². The smallest absolute Gasteiger partial charge is 0.327 e. The molecule has 1 amide bonds. The van der Waals surface area contributed by atoms with Crippen LogP contribution in [-0.2, 0) is 16.6 Å². The van der Waals surface area contributed by atoms with Crippen molar-refractivity contribution < 1.29 is 24.4 Å². The van der Waals surface area contributed by atoms with Gasteiger partial charge in [0.05, 0.1) is 30.0 Å². The lowest BCUT2D eigenvalue weighted by atomic mass is 9.77. The first-order valence-electron chi connectivity index (χ1n) is 8.55. The molecular weight excluding hydrogens is 374 g/mol. The molecule has 2 aromatic heterocycles.